The molecule has 0 unspecified atom stereocenters. The molecule has 194 valence electrons. The number of nitrogens with zero attached hydrogens (tertiary/aromatic N) is 2. The average Bonchev–Trinajstić information content (AvgIpc) is 3.51. The van der Waals surface area contributed by atoms with Gasteiger partial charge in [0.1, 0.15) is 11.5 Å². The maximum absolute atomic E-state index is 13.3. The van der Waals surface area contributed by atoms with Gasteiger partial charge in [-0.25, -0.2) is 9.79 Å². The van der Waals surface area contributed by atoms with E-state index in [1.54, 1.807) is 27.2 Å². The molecule has 0 spiro atoms. The standard InChI is InChI=1S/C26H33N3O6S/c1-15(2)35-25(31)23-16(3)28-26-29(24(23)20-9-8-18(32-4)12-21(20)33-5)17(14-36-26)11-22(30)27-13-19-7-6-10-34-19/h8-9,12,14-15,19,24H,6-7,10-11,13H2,1-5H3,(H,27,30)/t19-,24+/m1/s1. The molecule has 2 atom stereocenters. The van der Waals surface area contributed by atoms with E-state index in [1.807, 2.05) is 36.3 Å². The SMILES string of the molecule is COc1ccc([C@H]2C(C(=O)OC(C)C)=C(C)N=C3SC=C(CC(=O)NC[C@H]4CCCO4)N32)c(OC)c1. The average molecular weight is 516 g/mol. The lowest BCUT2D eigenvalue weighted by molar-refractivity contribution is -0.143. The summed E-state index contributed by atoms with van der Waals surface area (Å²) in [5.41, 5.74) is 2.46. The number of fused-ring (bicyclic) bond motifs is 1. The molecule has 1 amide bonds. The zero-order chi connectivity index (χ0) is 25.8. The Morgan fingerprint density at radius 3 is 2.75 bits per heavy atom. The second-order valence-electron chi connectivity index (χ2n) is 9.07. The van der Waals surface area contributed by atoms with Gasteiger partial charge in [0.25, 0.3) is 0 Å². The highest BCUT2D eigenvalue weighted by Gasteiger charge is 2.42. The maximum atomic E-state index is 13.3. The molecule has 10 heteroatoms. The van der Waals surface area contributed by atoms with E-state index < -0.39 is 12.0 Å². The van der Waals surface area contributed by atoms with Gasteiger partial charge in [-0.15, -0.1) is 0 Å². The van der Waals surface area contributed by atoms with E-state index in [1.165, 1.54) is 11.8 Å². The Hall–Kier alpha value is -2.98. The van der Waals surface area contributed by atoms with Crippen molar-refractivity contribution in [3.63, 3.8) is 0 Å². The Balaban J connectivity index is 1.68. The van der Waals surface area contributed by atoms with Gasteiger partial charge in [0, 0.05) is 30.5 Å². The van der Waals surface area contributed by atoms with Crippen LogP contribution in [0.3, 0.4) is 0 Å². The number of esters is 1. The van der Waals surface area contributed by atoms with Gasteiger partial charge >= 0.3 is 5.97 Å². The van der Waals surface area contributed by atoms with Crippen LogP contribution in [0.15, 0.2) is 45.6 Å². The summed E-state index contributed by atoms with van der Waals surface area (Å²) < 4.78 is 22.3. The lowest BCUT2D eigenvalue weighted by atomic mass is 9.93. The minimum Gasteiger partial charge on any atom is -0.497 e. The van der Waals surface area contributed by atoms with Gasteiger partial charge in [0.15, 0.2) is 5.17 Å². The van der Waals surface area contributed by atoms with E-state index in [4.69, 9.17) is 23.9 Å². The molecule has 0 saturated carbocycles. The van der Waals surface area contributed by atoms with Crippen LogP contribution in [0.1, 0.15) is 51.6 Å². The summed E-state index contributed by atoms with van der Waals surface area (Å²) in [6.07, 6.45) is 1.87. The van der Waals surface area contributed by atoms with Crippen molar-refractivity contribution in [1.29, 1.82) is 0 Å². The summed E-state index contributed by atoms with van der Waals surface area (Å²) in [5, 5.41) is 5.59. The lowest BCUT2D eigenvalue weighted by Gasteiger charge is -2.37. The molecule has 0 bridgehead atoms. The zero-order valence-corrected chi connectivity index (χ0v) is 22.1. The summed E-state index contributed by atoms with van der Waals surface area (Å²) in [7, 11) is 3.16. The molecule has 9 nitrogen and oxygen atoms in total. The number of allylic oxidation sites excluding steroid dienone is 1. The molecule has 36 heavy (non-hydrogen) atoms. The number of methoxy groups -OCH3 is 2. The van der Waals surface area contributed by atoms with Crippen LogP contribution in [0.2, 0.25) is 0 Å². The van der Waals surface area contributed by atoms with Crippen molar-refractivity contribution in [3.05, 3.63) is 46.1 Å². The van der Waals surface area contributed by atoms with E-state index in [0.29, 0.717) is 34.5 Å². The molecule has 1 fully saturated rings. The zero-order valence-electron chi connectivity index (χ0n) is 21.3. The van der Waals surface area contributed by atoms with E-state index >= 15 is 0 Å². The Morgan fingerprint density at radius 1 is 1.28 bits per heavy atom. The number of carbonyl (C=O) groups excluding carboxylic acids is 2. The Morgan fingerprint density at radius 2 is 2.08 bits per heavy atom. The predicted octanol–water partition coefficient (Wildman–Crippen LogP) is 3.92. The van der Waals surface area contributed by atoms with Crippen LogP contribution in [0.4, 0.5) is 0 Å². The number of ether oxygens (including phenoxy) is 4. The highest BCUT2D eigenvalue weighted by Crippen LogP contribution is 2.47. The molecule has 0 aliphatic carbocycles. The van der Waals surface area contributed by atoms with Crippen LogP contribution >= 0.6 is 11.8 Å². The summed E-state index contributed by atoms with van der Waals surface area (Å²) >= 11 is 1.43. The number of rotatable bonds is 9. The van der Waals surface area contributed by atoms with Crippen molar-refractivity contribution in [2.75, 3.05) is 27.4 Å². The second-order valence-corrected chi connectivity index (χ2v) is 9.91. The first-order valence-electron chi connectivity index (χ1n) is 12.1. The molecule has 1 N–H and O–H groups in total. The molecule has 3 aliphatic rings. The number of aliphatic imine (C=N–C) groups is 1. The molecule has 0 aromatic heterocycles. The molecule has 1 aromatic carbocycles. The third kappa shape index (κ3) is 5.54. The van der Waals surface area contributed by atoms with Gasteiger partial charge in [0.2, 0.25) is 5.91 Å². The summed E-state index contributed by atoms with van der Waals surface area (Å²) in [6, 6.07) is 4.89. The monoisotopic (exact) mass is 515 g/mol. The fourth-order valence-corrected chi connectivity index (χ4v) is 5.47. The molecule has 1 aromatic rings. The van der Waals surface area contributed by atoms with Crippen LogP contribution in [-0.2, 0) is 19.1 Å². The normalized spacial score (nSPS) is 21.2. The van der Waals surface area contributed by atoms with Crippen LogP contribution in [0.25, 0.3) is 0 Å². The van der Waals surface area contributed by atoms with Crippen LogP contribution < -0.4 is 14.8 Å². The number of nitrogens with one attached hydrogen (secondary N) is 1. The quantitative estimate of drug-likeness (QED) is 0.494. The largest absolute Gasteiger partial charge is 0.497 e. The topological polar surface area (TPSA) is 98.7 Å². The highest BCUT2D eigenvalue weighted by molar-refractivity contribution is 8.16. The van der Waals surface area contributed by atoms with Crippen LogP contribution in [-0.4, -0.2) is 61.5 Å². The Labute approximate surface area is 215 Å². The lowest BCUT2D eigenvalue weighted by Crippen LogP contribution is -2.39. The van der Waals surface area contributed by atoms with Crippen molar-refractivity contribution >= 4 is 28.8 Å². The third-order valence-corrected chi connectivity index (χ3v) is 7.08. The first-order chi connectivity index (χ1) is 17.3. The van der Waals surface area contributed by atoms with Crippen molar-refractivity contribution < 1.29 is 28.5 Å². The molecular weight excluding hydrogens is 482 g/mol. The molecule has 0 radical (unpaired) electrons. The smallest absolute Gasteiger partial charge is 0.338 e. The number of thioether (sulfide) groups is 1. The molecule has 4 rings (SSSR count). The molecular formula is C26H33N3O6S. The Bertz CT molecular complexity index is 1110. The van der Waals surface area contributed by atoms with Gasteiger partial charge in [0.05, 0.1) is 50.2 Å². The van der Waals surface area contributed by atoms with Crippen LogP contribution in [0.5, 0.6) is 11.5 Å². The van der Waals surface area contributed by atoms with E-state index in [2.05, 4.69) is 5.32 Å². The van der Waals surface area contributed by atoms with E-state index in [0.717, 1.165) is 30.7 Å². The first-order valence-corrected chi connectivity index (χ1v) is 13.0. The number of amidine groups is 1. The fraction of sp³-hybridized carbons (Fsp3) is 0.500. The van der Waals surface area contributed by atoms with Crippen molar-refractivity contribution in [2.24, 2.45) is 4.99 Å². The van der Waals surface area contributed by atoms with Crippen molar-refractivity contribution in [3.8, 4) is 11.5 Å². The summed E-state index contributed by atoms with van der Waals surface area (Å²) in [6.45, 7) is 6.65. The second kappa shape index (κ2) is 11.4. The Kier molecular flexibility index (Phi) is 8.25. The van der Waals surface area contributed by atoms with Crippen molar-refractivity contribution in [2.45, 2.75) is 58.3 Å². The van der Waals surface area contributed by atoms with Crippen LogP contribution in [0, 0.1) is 0 Å². The maximum Gasteiger partial charge on any atom is 0.338 e. The fourth-order valence-electron chi connectivity index (χ4n) is 4.51. The highest BCUT2D eigenvalue weighted by atomic mass is 32.2. The molecule has 3 heterocycles. The summed E-state index contributed by atoms with van der Waals surface area (Å²) in [4.78, 5) is 32.8. The van der Waals surface area contributed by atoms with E-state index in [-0.39, 0.29) is 24.5 Å². The summed E-state index contributed by atoms with van der Waals surface area (Å²) in [5.74, 6) is 0.624. The van der Waals surface area contributed by atoms with Gasteiger partial charge < -0.3 is 29.2 Å². The third-order valence-electron chi connectivity index (χ3n) is 6.19. The van der Waals surface area contributed by atoms with Gasteiger partial charge in [-0.3, -0.25) is 4.79 Å². The van der Waals surface area contributed by atoms with Gasteiger partial charge in [-0.1, -0.05) is 11.8 Å². The molecule has 1 saturated heterocycles. The predicted molar refractivity (Wildman–Crippen MR) is 138 cm³/mol. The van der Waals surface area contributed by atoms with E-state index in [9.17, 15) is 9.59 Å². The molecule has 3 aliphatic heterocycles. The number of benzene rings is 1. The number of hydrogen-bond donors (Lipinski definition) is 1. The first kappa shape index (κ1) is 26.1. The minimum atomic E-state index is -0.586. The minimum absolute atomic E-state index is 0.0623. The number of hydrogen-bond acceptors (Lipinski definition) is 9. The van der Waals surface area contributed by atoms with Crippen molar-refractivity contribution in [1.82, 2.24) is 10.2 Å². The number of carbonyl (C=O) groups is 2. The van der Waals surface area contributed by atoms with Gasteiger partial charge in [-0.05, 0) is 51.2 Å². The number of amides is 1. The van der Waals surface area contributed by atoms with Gasteiger partial charge in [-0.2, -0.15) is 0 Å².